The molecule has 0 spiro atoms. The minimum Gasteiger partial charge on any atom is -0.372 e. The zero-order chi connectivity index (χ0) is 13.9. The molecule has 0 saturated heterocycles. The fourth-order valence-electron chi connectivity index (χ4n) is 4.19. The van der Waals surface area contributed by atoms with Crippen LogP contribution in [0.2, 0.25) is 0 Å². The summed E-state index contributed by atoms with van der Waals surface area (Å²) < 4.78 is 6.63. The third kappa shape index (κ3) is 4.19. The molecular formula is C17H33NO. The van der Waals surface area contributed by atoms with Crippen molar-refractivity contribution in [3.05, 3.63) is 0 Å². The topological polar surface area (TPSA) is 21.3 Å². The van der Waals surface area contributed by atoms with E-state index in [9.17, 15) is 0 Å². The summed E-state index contributed by atoms with van der Waals surface area (Å²) in [6.07, 6.45) is 9.50. The highest BCUT2D eigenvalue weighted by Crippen LogP contribution is 2.45. The van der Waals surface area contributed by atoms with Gasteiger partial charge in [-0.15, -0.1) is 0 Å². The van der Waals surface area contributed by atoms with E-state index in [-0.39, 0.29) is 5.60 Å². The highest BCUT2D eigenvalue weighted by molar-refractivity contribution is 4.93. The number of hydrogen-bond acceptors (Lipinski definition) is 2. The molecule has 2 aliphatic carbocycles. The average molecular weight is 267 g/mol. The first kappa shape index (κ1) is 15.3. The minimum atomic E-state index is 0.222. The van der Waals surface area contributed by atoms with Crippen molar-refractivity contribution in [2.45, 2.75) is 84.3 Å². The van der Waals surface area contributed by atoms with Crippen molar-refractivity contribution >= 4 is 0 Å². The third-order valence-electron chi connectivity index (χ3n) is 5.04. The zero-order valence-electron chi connectivity index (χ0n) is 13.4. The van der Waals surface area contributed by atoms with E-state index in [2.05, 4.69) is 33.0 Å². The van der Waals surface area contributed by atoms with Gasteiger partial charge < -0.3 is 10.1 Å². The second-order valence-electron chi connectivity index (χ2n) is 7.79. The first-order valence-corrected chi connectivity index (χ1v) is 8.33. The number of rotatable bonds is 6. The molecule has 0 bridgehead atoms. The molecule has 1 N–H and O–H groups in total. The van der Waals surface area contributed by atoms with Crippen LogP contribution in [-0.4, -0.2) is 24.8 Å². The van der Waals surface area contributed by atoms with Crippen LogP contribution in [0.5, 0.6) is 0 Å². The van der Waals surface area contributed by atoms with Gasteiger partial charge in [0.05, 0.1) is 11.7 Å². The monoisotopic (exact) mass is 267 g/mol. The van der Waals surface area contributed by atoms with Crippen LogP contribution in [0.1, 0.15) is 72.6 Å². The molecule has 112 valence electrons. The molecule has 2 rings (SSSR count). The molecule has 0 heterocycles. The zero-order valence-corrected chi connectivity index (χ0v) is 13.4. The van der Waals surface area contributed by atoms with Crippen LogP contribution in [0.15, 0.2) is 0 Å². The lowest BCUT2D eigenvalue weighted by Gasteiger charge is -2.48. The fraction of sp³-hybridized carbons (Fsp3) is 1.00. The number of nitrogens with one attached hydrogen (secondary N) is 1. The fourth-order valence-corrected chi connectivity index (χ4v) is 4.19. The molecule has 2 nitrogen and oxygen atoms in total. The summed E-state index contributed by atoms with van der Waals surface area (Å²) in [5.74, 6) is 0.819. The van der Waals surface area contributed by atoms with E-state index in [0.717, 1.165) is 19.0 Å². The molecule has 2 aliphatic rings. The third-order valence-corrected chi connectivity index (χ3v) is 5.04. The predicted octanol–water partition coefficient (Wildman–Crippen LogP) is 4.14. The summed E-state index contributed by atoms with van der Waals surface area (Å²) >= 11 is 0. The Morgan fingerprint density at radius 3 is 2.47 bits per heavy atom. The van der Waals surface area contributed by atoms with Gasteiger partial charge in [-0.2, -0.15) is 0 Å². The van der Waals surface area contributed by atoms with Crippen molar-refractivity contribution in [3.63, 3.8) is 0 Å². The van der Waals surface area contributed by atoms with Gasteiger partial charge in [-0.3, -0.25) is 0 Å². The van der Waals surface area contributed by atoms with Crippen molar-refractivity contribution in [2.24, 2.45) is 11.3 Å². The molecule has 0 aromatic carbocycles. The highest BCUT2D eigenvalue weighted by Gasteiger charge is 2.42. The second kappa shape index (κ2) is 6.13. The van der Waals surface area contributed by atoms with E-state index in [1.54, 1.807) is 0 Å². The predicted molar refractivity (Wildman–Crippen MR) is 81.4 cm³/mol. The highest BCUT2D eigenvalue weighted by atomic mass is 16.5. The van der Waals surface area contributed by atoms with E-state index in [4.69, 9.17) is 4.74 Å². The van der Waals surface area contributed by atoms with Gasteiger partial charge in [0.1, 0.15) is 0 Å². The summed E-state index contributed by atoms with van der Waals surface area (Å²) in [6.45, 7) is 11.6. The summed E-state index contributed by atoms with van der Waals surface area (Å²) in [6, 6.07) is 0. The summed E-state index contributed by atoms with van der Waals surface area (Å²) in [4.78, 5) is 0. The van der Waals surface area contributed by atoms with Gasteiger partial charge in [0, 0.05) is 0 Å². The number of hydrogen-bond donors (Lipinski definition) is 1. The molecule has 2 saturated carbocycles. The van der Waals surface area contributed by atoms with Gasteiger partial charge in [0.25, 0.3) is 0 Å². The van der Waals surface area contributed by atoms with Crippen molar-refractivity contribution in [1.29, 1.82) is 0 Å². The molecule has 0 aromatic rings. The molecule has 19 heavy (non-hydrogen) atoms. The Labute approximate surface area is 119 Å². The van der Waals surface area contributed by atoms with Gasteiger partial charge in [0.15, 0.2) is 0 Å². The lowest BCUT2D eigenvalue weighted by molar-refractivity contribution is -0.166. The van der Waals surface area contributed by atoms with Crippen molar-refractivity contribution in [1.82, 2.24) is 5.32 Å². The molecule has 0 aromatic heterocycles. The van der Waals surface area contributed by atoms with E-state index in [1.807, 2.05) is 0 Å². The standard InChI is InChI=1S/C17H33NO/c1-5-18-10-9-17(7-6-8-17)19-15-11-14(2)12-16(3,4)13-15/h14-15,18H,5-13H2,1-4H3. The maximum absolute atomic E-state index is 6.63. The average Bonchev–Trinajstić information content (AvgIpc) is 2.23. The van der Waals surface area contributed by atoms with Gasteiger partial charge in [0.2, 0.25) is 0 Å². The van der Waals surface area contributed by atoms with Crippen molar-refractivity contribution in [2.75, 3.05) is 13.1 Å². The van der Waals surface area contributed by atoms with Crippen LogP contribution in [0, 0.1) is 11.3 Å². The molecule has 0 radical (unpaired) electrons. The van der Waals surface area contributed by atoms with Crippen LogP contribution in [0.25, 0.3) is 0 Å². The lowest BCUT2D eigenvalue weighted by Crippen LogP contribution is -2.47. The normalized spacial score (nSPS) is 32.8. The Kier molecular flexibility index (Phi) is 4.94. The second-order valence-corrected chi connectivity index (χ2v) is 7.79. The molecule has 2 heteroatoms. The van der Waals surface area contributed by atoms with Crippen LogP contribution in [0.3, 0.4) is 0 Å². The van der Waals surface area contributed by atoms with Crippen LogP contribution in [0.4, 0.5) is 0 Å². The van der Waals surface area contributed by atoms with Gasteiger partial charge in [-0.05, 0) is 69.4 Å². The molecular weight excluding hydrogens is 234 g/mol. The van der Waals surface area contributed by atoms with E-state index >= 15 is 0 Å². The van der Waals surface area contributed by atoms with Gasteiger partial charge in [-0.1, -0.05) is 27.7 Å². The maximum atomic E-state index is 6.63. The Morgan fingerprint density at radius 2 is 1.95 bits per heavy atom. The summed E-state index contributed by atoms with van der Waals surface area (Å²) in [5.41, 5.74) is 0.689. The largest absolute Gasteiger partial charge is 0.372 e. The van der Waals surface area contributed by atoms with Crippen LogP contribution < -0.4 is 5.32 Å². The van der Waals surface area contributed by atoms with E-state index < -0.39 is 0 Å². The molecule has 2 unspecified atom stereocenters. The Hall–Kier alpha value is -0.0800. The van der Waals surface area contributed by atoms with Crippen molar-refractivity contribution in [3.8, 4) is 0 Å². The molecule has 0 aliphatic heterocycles. The summed E-state index contributed by atoms with van der Waals surface area (Å²) in [7, 11) is 0. The minimum absolute atomic E-state index is 0.222. The maximum Gasteiger partial charge on any atom is 0.0698 e. The number of ether oxygens (including phenoxy) is 1. The molecule has 2 atom stereocenters. The quantitative estimate of drug-likeness (QED) is 0.730. The van der Waals surface area contributed by atoms with Crippen molar-refractivity contribution < 1.29 is 4.74 Å². The van der Waals surface area contributed by atoms with E-state index in [0.29, 0.717) is 11.5 Å². The Balaban J connectivity index is 1.87. The van der Waals surface area contributed by atoms with Gasteiger partial charge in [-0.25, -0.2) is 0 Å². The lowest BCUT2D eigenvalue weighted by atomic mass is 9.70. The molecule has 2 fully saturated rings. The first-order chi connectivity index (χ1) is 8.95. The Morgan fingerprint density at radius 1 is 1.21 bits per heavy atom. The van der Waals surface area contributed by atoms with Crippen LogP contribution >= 0.6 is 0 Å². The first-order valence-electron chi connectivity index (χ1n) is 8.33. The summed E-state index contributed by atoms with van der Waals surface area (Å²) in [5, 5.41) is 3.45. The van der Waals surface area contributed by atoms with E-state index in [1.165, 1.54) is 44.9 Å². The van der Waals surface area contributed by atoms with Crippen LogP contribution in [-0.2, 0) is 4.74 Å². The SMILES string of the molecule is CCNCCC1(OC2CC(C)CC(C)(C)C2)CCC1. The Bertz CT molecular complexity index is 283. The smallest absolute Gasteiger partial charge is 0.0698 e. The van der Waals surface area contributed by atoms with Gasteiger partial charge >= 0.3 is 0 Å². The molecule has 0 amide bonds.